The average molecular weight is 260 g/mol. The van der Waals surface area contributed by atoms with Gasteiger partial charge in [-0.05, 0) is 35.4 Å². The van der Waals surface area contributed by atoms with Crippen molar-refractivity contribution in [3.8, 4) is 0 Å². The number of anilines is 1. The Morgan fingerprint density at radius 1 is 0.850 bits per heavy atom. The molecule has 0 aliphatic heterocycles. The number of para-hydroxylation sites is 1. The van der Waals surface area contributed by atoms with Crippen LogP contribution in [-0.2, 0) is 0 Å². The van der Waals surface area contributed by atoms with Crippen LogP contribution in [0.1, 0.15) is 11.1 Å². The van der Waals surface area contributed by atoms with Crippen molar-refractivity contribution in [2.24, 2.45) is 5.10 Å². The van der Waals surface area contributed by atoms with Crippen LogP contribution in [0.2, 0.25) is 0 Å². The van der Waals surface area contributed by atoms with Crippen molar-refractivity contribution < 1.29 is 0 Å². The Morgan fingerprint density at radius 3 is 2.45 bits per heavy atom. The molecule has 20 heavy (non-hydrogen) atoms. The lowest BCUT2D eigenvalue weighted by Crippen LogP contribution is -1.93. The van der Waals surface area contributed by atoms with Crippen LogP contribution in [0.25, 0.3) is 10.8 Å². The van der Waals surface area contributed by atoms with E-state index >= 15 is 0 Å². The second kappa shape index (κ2) is 5.57. The topological polar surface area (TPSA) is 24.4 Å². The molecule has 0 aromatic heterocycles. The monoisotopic (exact) mass is 260 g/mol. The Bertz CT molecular complexity index is 746. The van der Waals surface area contributed by atoms with Crippen molar-refractivity contribution in [1.29, 1.82) is 0 Å². The first-order valence-corrected chi connectivity index (χ1v) is 6.67. The third-order valence-corrected chi connectivity index (χ3v) is 3.35. The number of hydrogen-bond acceptors (Lipinski definition) is 2. The molecular weight excluding hydrogens is 244 g/mol. The van der Waals surface area contributed by atoms with Crippen molar-refractivity contribution >= 4 is 22.7 Å². The fourth-order valence-electron chi connectivity index (χ4n) is 2.26. The molecule has 3 rings (SSSR count). The third-order valence-electron chi connectivity index (χ3n) is 3.35. The first-order valence-electron chi connectivity index (χ1n) is 6.67. The molecule has 3 aromatic carbocycles. The molecule has 0 atom stereocenters. The van der Waals surface area contributed by atoms with Gasteiger partial charge in [0.25, 0.3) is 0 Å². The molecule has 0 aliphatic carbocycles. The van der Waals surface area contributed by atoms with Crippen LogP contribution in [0.15, 0.2) is 71.8 Å². The number of hydrazone groups is 1. The molecular formula is C18H16N2. The molecule has 0 fully saturated rings. The van der Waals surface area contributed by atoms with Crippen LogP contribution in [0, 0.1) is 6.92 Å². The summed E-state index contributed by atoms with van der Waals surface area (Å²) in [6.07, 6.45) is 1.89. The molecule has 0 bridgehead atoms. The van der Waals surface area contributed by atoms with Gasteiger partial charge in [0.05, 0.1) is 11.9 Å². The van der Waals surface area contributed by atoms with E-state index in [1.54, 1.807) is 0 Å². The van der Waals surface area contributed by atoms with E-state index < -0.39 is 0 Å². The first-order chi connectivity index (χ1) is 9.84. The average Bonchev–Trinajstić information content (AvgIpc) is 2.50. The standard InChI is InChI=1S/C18H16N2/c1-14-11-12-15-7-5-6-10-17(15)18(14)13-19-20-16-8-3-2-4-9-16/h2-13,20H,1H3. The molecule has 0 spiro atoms. The number of fused-ring (bicyclic) bond motifs is 1. The molecule has 0 aliphatic rings. The summed E-state index contributed by atoms with van der Waals surface area (Å²) in [4.78, 5) is 0. The van der Waals surface area contributed by atoms with Crippen molar-refractivity contribution in [3.63, 3.8) is 0 Å². The maximum atomic E-state index is 4.35. The Balaban J connectivity index is 1.92. The zero-order valence-corrected chi connectivity index (χ0v) is 11.4. The lowest BCUT2D eigenvalue weighted by atomic mass is 10.0. The van der Waals surface area contributed by atoms with Crippen LogP contribution in [0.3, 0.4) is 0 Å². The van der Waals surface area contributed by atoms with Crippen LogP contribution < -0.4 is 5.43 Å². The highest BCUT2D eigenvalue weighted by Gasteiger charge is 2.01. The van der Waals surface area contributed by atoms with Crippen LogP contribution in [0.5, 0.6) is 0 Å². The minimum absolute atomic E-state index is 0.988. The van der Waals surface area contributed by atoms with Crippen molar-refractivity contribution in [2.45, 2.75) is 6.92 Å². The van der Waals surface area contributed by atoms with Gasteiger partial charge in [-0.3, -0.25) is 5.43 Å². The van der Waals surface area contributed by atoms with Crippen LogP contribution in [0.4, 0.5) is 5.69 Å². The van der Waals surface area contributed by atoms with Gasteiger partial charge < -0.3 is 0 Å². The van der Waals surface area contributed by atoms with E-state index in [9.17, 15) is 0 Å². The molecule has 2 nitrogen and oxygen atoms in total. The number of aryl methyl sites for hydroxylation is 1. The molecule has 98 valence electrons. The van der Waals surface area contributed by atoms with Gasteiger partial charge in [-0.1, -0.05) is 54.6 Å². The first kappa shape index (κ1) is 12.4. The molecule has 0 radical (unpaired) electrons. The summed E-state index contributed by atoms with van der Waals surface area (Å²) in [7, 11) is 0. The molecule has 0 heterocycles. The van der Waals surface area contributed by atoms with E-state index in [0.29, 0.717) is 0 Å². The second-order valence-corrected chi connectivity index (χ2v) is 4.75. The highest BCUT2D eigenvalue weighted by atomic mass is 15.3. The predicted molar refractivity (Wildman–Crippen MR) is 86.3 cm³/mol. The van der Waals surface area contributed by atoms with Crippen LogP contribution >= 0.6 is 0 Å². The number of nitrogens with zero attached hydrogens (tertiary/aromatic N) is 1. The highest BCUT2D eigenvalue weighted by molar-refractivity contribution is 6.01. The van der Waals surface area contributed by atoms with Crippen LogP contribution in [-0.4, -0.2) is 6.21 Å². The zero-order chi connectivity index (χ0) is 13.8. The van der Waals surface area contributed by atoms with E-state index in [1.807, 2.05) is 36.5 Å². The summed E-state index contributed by atoms with van der Waals surface area (Å²) in [5, 5.41) is 6.81. The lowest BCUT2D eigenvalue weighted by Gasteiger charge is -2.06. The van der Waals surface area contributed by atoms with Gasteiger partial charge in [-0.15, -0.1) is 0 Å². The summed E-state index contributed by atoms with van der Waals surface area (Å²) >= 11 is 0. The van der Waals surface area contributed by atoms with E-state index in [4.69, 9.17) is 0 Å². The summed E-state index contributed by atoms with van der Waals surface area (Å²) in [5.41, 5.74) is 6.43. The fraction of sp³-hybridized carbons (Fsp3) is 0.0556. The number of benzene rings is 3. The van der Waals surface area contributed by atoms with Gasteiger partial charge >= 0.3 is 0 Å². The van der Waals surface area contributed by atoms with E-state index in [0.717, 1.165) is 11.3 Å². The molecule has 0 saturated heterocycles. The highest BCUT2D eigenvalue weighted by Crippen LogP contribution is 2.20. The maximum Gasteiger partial charge on any atom is 0.0561 e. The Hall–Kier alpha value is -2.61. The number of nitrogens with one attached hydrogen (secondary N) is 1. The van der Waals surface area contributed by atoms with E-state index in [1.165, 1.54) is 16.3 Å². The predicted octanol–water partition coefficient (Wildman–Crippen LogP) is 4.59. The largest absolute Gasteiger partial charge is 0.279 e. The van der Waals surface area contributed by atoms with Gasteiger partial charge in [-0.2, -0.15) is 5.10 Å². The quantitative estimate of drug-likeness (QED) is 0.540. The smallest absolute Gasteiger partial charge is 0.0561 e. The lowest BCUT2D eigenvalue weighted by molar-refractivity contribution is 1.34. The fourth-order valence-corrected chi connectivity index (χ4v) is 2.26. The molecule has 0 unspecified atom stereocenters. The Morgan fingerprint density at radius 2 is 1.60 bits per heavy atom. The van der Waals surface area contributed by atoms with Gasteiger partial charge in [0.15, 0.2) is 0 Å². The number of hydrogen-bond donors (Lipinski definition) is 1. The van der Waals surface area contributed by atoms with E-state index in [-0.39, 0.29) is 0 Å². The van der Waals surface area contributed by atoms with Crippen molar-refractivity contribution in [1.82, 2.24) is 0 Å². The molecule has 1 N–H and O–H groups in total. The Kier molecular flexibility index (Phi) is 3.46. The van der Waals surface area contributed by atoms with Gasteiger partial charge in [0, 0.05) is 5.56 Å². The van der Waals surface area contributed by atoms with E-state index in [2.05, 4.69) is 53.8 Å². The second-order valence-electron chi connectivity index (χ2n) is 4.75. The third kappa shape index (κ3) is 2.54. The SMILES string of the molecule is Cc1ccc2ccccc2c1C=NNc1ccccc1. The molecule has 0 amide bonds. The van der Waals surface area contributed by atoms with Crippen molar-refractivity contribution in [3.05, 3.63) is 77.9 Å². The van der Waals surface area contributed by atoms with Gasteiger partial charge in [-0.25, -0.2) is 0 Å². The maximum absolute atomic E-state index is 4.35. The molecule has 2 heteroatoms. The summed E-state index contributed by atoms with van der Waals surface area (Å²) in [6.45, 7) is 2.11. The zero-order valence-electron chi connectivity index (χ0n) is 11.4. The minimum atomic E-state index is 0.988. The van der Waals surface area contributed by atoms with Gasteiger partial charge in [0.1, 0.15) is 0 Å². The summed E-state index contributed by atoms with van der Waals surface area (Å²) < 4.78 is 0. The minimum Gasteiger partial charge on any atom is -0.279 e. The van der Waals surface area contributed by atoms with Crippen molar-refractivity contribution in [2.75, 3.05) is 5.43 Å². The molecule has 3 aromatic rings. The normalized spacial score (nSPS) is 11.1. The van der Waals surface area contributed by atoms with Gasteiger partial charge in [0.2, 0.25) is 0 Å². The summed E-state index contributed by atoms with van der Waals surface area (Å²) in [5.74, 6) is 0. The Labute approximate surface area is 118 Å². The molecule has 0 saturated carbocycles. The number of rotatable bonds is 3. The summed E-state index contributed by atoms with van der Waals surface area (Å²) in [6, 6.07) is 22.6.